The minimum absolute atomic E-state index is 0.138. The zero-order valence-electron chi connectivity index (χ0n) is 16.7. The molecule has 1 N–H and O–H groups in total. The number of carbonyl (C=O) groups excluding carboxylic acids is 2. The highest BCUT2D eigenvalue weighted by molar-refractivity contribution is 6.00. The standard InChI is InChI=1S/C22H25N3O3/c1-5-10-25-16(3)11-18(17(25)4)12-19(13-23)22(27)28-14-21(26)24-20-9-7-6-8-15(20)2/h6-9,11-12H,5,10,14H2,1-4H3,(H,24,26)/b19-12+. The van der Waals surface area contributed by atoms with Gasteiger partial charge in [0.2, 0.25) is 0 Å². The van der Waals surface area contributed by atoms with Crippen molar-refractivity contribution in [2.45, 2.75) is 40.7 Å². The molecule has 2 aromatic rings. The average Bonchev–Trinajstić information content (AvgIpc) is 2.93. The number of aromatic nitrogens is 1. The maximum atomic E-state index is 12.2. The molecule has 1 aromatic carbocycles. The molecule has 0 aliphatic rings. The van der Waals surface area contributed by atoms with Crippen molar-refractivity contribution in [1.82, 2.24) is 4.57 Å². The van der Waals surface area contributed by atoms with E-state index in [1.165, 1.54) is 6.08 Å². The van der Waals surface area contributed by atoms with Crippen molar-refractivity contribution in [2.75, 3.05) is 11.9 Å². The monoisotopic (exact) mass is 379 g/mol. The van der Waals surface area contributed by atoms with Gasteiger partial charge in [0.1, 0.15) is 11.6 Å². The molecule has 1 aromatic heterocycles. The van der Waals surface area contributed by atoms with Crippen LogP contribution >= 0.6 is 0 Å². The van der Waals surface area contributed by atoms with E-state index in [4.69, 9.17) is 4.74 Å². The first kappa shape index (κ1) is 21.0. The summed E-state index contributed by atoms with van der Waals surface area (Å²) < 4.78 is 7.16. The van der Waals surface area contributed by atoms with E-state index in [0.717, 1.165) is 35.5 Å². The third kappa shape index (κ3) is 5.10. The predicted molar refractivity (Wildman–Crippen MR) is 109 cm³/mol. The van der Waals surface area contributed by atoms with Crippen LogP contribution in [0.25, 0.3) is 6.08 Å². The smallest absolute Gasteiger partial charge is 0.349 e. The Morgan fingerprint density at radius 3 is 2.61 bits per heavy atom. The Kier molecular flexibility index (Phi) is 7.16. The number of amides is 1. The highest BCUT2D eigenvalue weighted by Crippen LogP contribution is 2.19. The van der Waals surface area contributed by atoms with Gasteiger partial charge in [0, 0.05) is 23.6 Å². The van der Waals surface area contributed by atoms with Crippen molar-refractivity contribution in [2.24, 2.45) is 0 Å². The van der Waals surface area contributed by atoms with Gasteiger partial charge in [-0.1, -0.05) is 25.1 Å². The first-order valence-electron chi connectivity index (χ1n) is 9.18. The number of esters is 1. The van der Waals surface area contributed by atoms with E-state index in [2.05, 4.69) is 16.8 Å². The van der Waals surface area contributed by atoms with Crippen molar-refractivity contribution < 1.29 is 14.3 Å². The van der Waals surface area contributed by atoms with E-state index in [1.807, 2.05) is 45.0 Å². The molecule has 0 bridgehead atoms. The molecule has 0 aliphatic heterocycles. The SMILES string of the molecule is CCCn1c(C)cc(/C=C(\C#N)C(=O)OCC(=O)Nc2ccccc2C)c1C. The number of aryl methyl sites for hydroxylation is 2. The maximum Gasteiger partial charge on any atom is 0.349 e. The predicted octanol–water partition coefficient (Wildman–Crippen LogP) is 3.91. The Morgan fingerprint density at radius 1 is 1.25 bits per heavy atom. The molecule has 6 heteroatoms. The lowest BCUT2D eigenvalue weighted by atomic mass is 10.1. The van der Waals surface area contributed by atoms with E-state index in [1.54, 1.807) is 12.1 Å². The van der Waals surface area contributed by atoms with Crippen LogP contribution in [0.1, 0.15) is 35.9 Å². The van der Waals surface area contributed by atoms with Crippen molar-refractivity contribution in [1.29, 1.82) is 5.26 Å². The Labute approximate surface area is 165 Å². The van der Waals surface area contributed by atoms with Crippen LogP contribution in [0.4, 0.5) is 5.69 Å². The highest BCUT2D eigenvalue weighted by Gasteiger charge is 2.15. The molecule has 2 rings (SSSR count). The lowest BCUT2D eigenvalue weighted by molar-refractivity contribution is -0.142. The minimum Gasteiger partial charge on any atom is -0.451 e. The molecule has 28 heavy (non-hydrogen) atoms. The van der Waals surface area contributed by atoms with Crippen molar-refractivity contribution in [3.63, 3.8) is 0 Å². The van der Waals surface area contributed by atoms with Crippen LogP contribution in [0.3, 0.4) is 0 Å². The van der Waals surface area contributed by atoms with Crippen LogP contribution in [0.15, 0.2) is 35.9 Å². The van der Waals surface area contributed by atoms with Crippen molar-refractivity contribution in [3.05, 3.63) is 58.4 Å². The highest BCUT2D eigenvalue weighted by atomic mass is 16.5. The Balaban J connectivity index is 2.05. The van der Waals surface area contributed by atoms with Gasteiger partial charge < -0.3 is 14.6 Å². The summed E-state index contributed by atoms with van der Waals surface area (Å²) in [6.07, 6.45) is 2.50. The first-order valence-corrected chi connectivity index (χ1v) is 9.18. The summed E-state index contributed by atoms with van der Waals surface area (Å²) in [6.45, 7) is 8.31. The molecule has 0 unspecified atom stereocenters. The van der Waals surface area contributed by atoms with Crippen LogP contribution in [0.5, 0.6) is 0 Å². The number of nitrogens with one attached hydrogen (secondary N) is 1. The molecule has 0 spiro atoms. The van der Waals surface area contributed by atoms with Crippen LogP contribution in [0.2, 0.25) is 0 Å². The van der Waals surface area contributed by atoms with E-state index in [0.29, 0.717) is 5.69 Å². The number of rotatable bonds is 7. The van der Waals surface area contributed by atoms with E-state index in [-0.39, 0.29) is 5.57 Å². The number of benzene rings is 1. The fourth-order valence-electron chi connectivity index (χ4n) is 2.94. The van der Waals surface area contributed by atoms with Crippen molar-refractivity contribution in [3.8, 4) is 6.07 Å². The van der Waals surface area contributed by atoms with E-state index < -0.39 is 18.5 Å². The number of ether oxygens (including phenoxy) is 1. The van der Waals surface area contributed by atoms with Gasteiger partial charge in [0.05, 0.1) is 0 Å². The van der Waals surface area contributed by atoms with Gasteiger partial charge in [-0.15, -0.1) is 0 Å². The molecular weight excluding hydrogens is 354 g/mol. The van der Waals surface area contributed by atoms with Crippen LogP contribution in [-0.4, -0.2) is 23.1 Å². The summed E-state index contributed by atoms with van der Waals surface area (Å²) in [7, 11) is 0. The summed E-state index contributed by atoms with van der Waals surface area (Å²) in [6, 6.07) is 11.1. The second-order valence-electron chi connectivity index (χ2n) is 6.59. The van der Waals surface area contributed by atoms with Crippen LogP contribution in [-0.2, 0) is 20.9 Å². The second kappa shape index (κ2) is 9.56. The Bertz CT molecular complexity index is 948. The molecule has 0 atom stereocenters. The summed E-state index contributed by atoms with van der Waals surface area (Å²) in [4.78, 5) is 24.2. The van der Waals surface area contributed by atoms with Crippen LogP contribution in [0, 0.1) is 32.1 Å². The number of anilines is 1. The van der Waals surface area contributed by atoms with E-state index in [9.17, 15) is 14.9 Å². The van der Waals surface area contributed by atoms with Gasteiger partial charge in [-0.25, -0.2) is 4.79 Å². The second-order valence-corrected chi connectivity index (χ2v) is 6.59. The fraction of sp³-hybridized carbons (Fsp3) is 0.318. The number of nitriles is 1. The summed E-state index contributed by atoms with van der Waals surface area (Å²) in [5, 5.41) is 12.0. The minimum atomic E-state index is -0.817. The largest absolute Gasteiger partial charge is 0.451 e. The maximum absolute atomic E-state index is 12.2. The van der Waals surface area contributed by atoms with Gasteiger partial charge in [-0.2, -0.15) is 5.26 Å². The number of hydrogen-bond donors (Lipinski definition) is 1. The lowest BCUT2D eigenvalue weighted by Gasteiger charge is -2.08. The molecule has 1 heterocycles. The summed E-state index contributed by atoms with van der Waals surface area (Å²) >= 11 is 0. The summed E-state index contributed by atoms with van der Waals surface area (Å²) in [5.41, 5.74) is 4.26. The molecule has 0 aliphatic carbocycles. The Morgan fingerprint density at radius 2 is 1.96 bits per heavy atom. The lowest BCUT2D eigenvalue weighted by Crippen LogP contribution is -2.21. The number of nitrogens with zero attached hydrogens (tertiary/aromatic N) is 2. The zero-order chi connectivity index (χ0) is 20.7. The number of para-hydroxylation sites is 1. The first-order chi connectivity index (χ1) is 13.4. The van der Waals surface area contributed by atoms with E-state index >= 15 is 0 Å². The molecule has 0 radical (unpaired) electrons. The molecule has 6 nitrogen and oxygen atoms in total. The topological polar surface area (TPSA) is 84.1 Å². The molecular formula is C22H25N3O3. The van der Waals surface area contributed by atoms with Crippen molar-refractivity contribution >= 4 is 23.6 Å². The molecule has 0 fully saturated rings. The molecule has 0 saturated heterocycles. The number of carbonyl (C=O) groups is 2. The van der Waals surface area contributed by atoms with Gasteiger partial charge in [0.25, 0.3) is 5.91 Å². The van der Waals surface area contributed by atoms with Gasteiger partial charge in [-0.05, 0) is 56.5 Å². The van der Waals surface area contributed by atoms with Gasteiger partial charge in [0.15, 0.2) is 6.61 Å². The van der Waals surface area contributed by atoms with Crippen LogP contribution < -0.4 is 5.32 Å². The third-order valence-electron chi connectivity index (χ3n) is 4.45. The van der Waals surface area contributed by atoms with Gasteiger partial charge >= 0.3 is 5.97 Å². The normalized spacial score (nSPS) is 11.0. The molecule has 0 saturated carbocycles. The van der Waals surface area contributed by atoms with Gasteiger partial charge in [-0.3, -0.25) is 4.79 Å². The number of hydrogen-bond acceptors (Lipinski definition) is 4. The Hall–Kier alpha value is -3.33. The average molecular weight is 379 g/mol. The zero-order valence-corrected chi connectivity index (χ0v) is 16.7. The molecule has 146 valence electrons. The summed E-state index contributed by atoms with van der Waals surface area (Å²) in [5.74, 6) is -1.27. The molecule has 1 amide bonds. The fourth-order valence-corrected chi connectivity index (χ4v) is 2.94. The quantitative estimate of drug-likeness (QED) is 0.449. The third-order valence-corrected chi connectivity index (χ3v) is 4.45.